The molecule has 1 aromatic carbocycles. The first kappa shape index (κ1) is 10.9. The molecule has 3 heteroatoms. The zero-order valence-electron chi connectivity index (χ0n) is 9.02. The number of benzene rings is 1. The van der Waals surface area contributed by atoms with Crippen LogP contribution in [-0.4, -0.2) is 23.7 Å². The number of amides is 1. The molecule has 1 amide bonds. The fourth-order valence-corrected chi connectivity index (χ4v) is 1.89. The van der Waals surface area contributed by atoms with E-state index in [1.54, 1.807) is 12.1 Å². The monoisotopic (exact) mass is 217 g/mol. The molecule has 0 heterocycles. The minimum absolute atomic E-state index is 0.0433. The molecule has 0 radical (unpaired) electrons. The topological polar surface area (TPSA) is 49.3 Å². The van der Waals surface area contributed by atoms with Gasteiger partial charge < -0.3 is 10.4 Å². The fraction of sp³-hybridized carbons (Fsp3) is 0.308. The molecule has 16 heavy (non-hydrogen) atoms. The standard InChI is InChI=1S/C13H15NO2/c15-9-10-6-7-12(8-10)14-13(16)11-4-2-1-3-5-11/h1-6,12,15H,7-9H2,(H,14,16)/t12-/m0/s1. The highest BCUT2D eigenvalue weighted by atomic mass is 16.3. The van der Waals surface area contributed by atoms with Crippen LogP contribution >= 0.6 is 0 Å². The smallest absolute Gasteiger partial charge is 0.251 e. The SMILES string of the molecule is O=C(N[C@H]1CC=C(CO)C1)c1ccccc1. The molecule has 0 saturated carbocycles. The van der Waals surface area contributed by atoms with E-state index in [4.69, 9.17) is 5.11 Å². The van der Waals surface area contributed by atoms with Gasteiger partial charge >= 0.3 is 0 Å². The van der Waals surface area contributed by atoms with Gasteiger partial charge in [0.05, 0.1) is 6.61 Å². The van der Waals surface area contributed by atoms with E-state index in [2.05, 4.69) is 5.32 Å². The first-order valence-corrected chi connectivity index (χ1v) is 5.44. The first-order valence-electron chi connectivity index (χ1n) is 5.44. The Morgan fingerprint density at radius 3 is 2.75 bits per heavy atom. The van der Waals surface area contributed by atoms with Crippen molar-refractivity contribution in [2.75, 3.05) is 6.61 Å². The van der Waals surface area contributed by atoms with Crippen LogP contribution in [-0.2, 0) is 0 Å². The van der Waals surface area contributed by atoms with Gasteiger partial charge in [0.1, 0.15) is 0 Å². The second-order valence-electron chi connectivity index (χ2n) is 4.00. The third kappa shape index (κ3) is 2.49. The van der Waals surface area contributed by atoms with Crippen molar-refractivity contribution in [3.8, 4) is 0 Å². The van der Waals surface area contributed by atoms with Crippen LogP contribution in [0.3, 0.4) is 0 Å². The summed E-state index contributed by atoms with van der Waals surface area (Å²) >= 11 is 0. The first-order chi connectivity index (χ1) is 7.79. The second-order valence-corrected chi connectivity index (χ2v) is 4.00. The van der Waals surface area contributed by atoms with E-state index in [1.165, 1.54) is 0 Å². The van der Waals surface area contributed by atoms with E-state index in [9.17, 15) is 4.79 Å². The molecular formula is C13H15NO2. The Hall–Kier alpha value is -1.61. The van der Waals surface area contributed by atoms with Gasteiger partial charge in [-0.25, -0.2) is 0 Å². The molecule has 1 atom stereocenters. The fourth-order valence-electron chi connectivity index (χ4n) is 1.89. The van der Waals surface area contributed by atoms with Crippen molar-refractivity contribution in [2.45, 2.75) is 18.9 Å². The summed E-state index contributed by atoms with van der Waals surface area (Å²) in [6, 6.07) is 9.31. The summed E-state index contributed by atoms with van der Waals surface area (Å²) < 4.78 is 0. The lowest BCUT2D eigenvalue weighted by Crippen LogP contribution is -2.33. The van der Waals surface area contributed by atoms with Gasteiger partial charge in [0.2, 0.25) is 0 Å². The maximum absolute atomic E-state index is 11.8. The summed E-state index contributed by atoms with van der Waals surface area (Å²) in [6.45, 7) is 0.0949. The summed E-state index contributed by atoms with van der Waals surface area (Å²) in [5, 5.41) is 11.9. The average molecular weight is 217 g/mol. The number of aliphatic hydroxyl groups excluding tert-OH is 1. The molecule has 2 N–H and O–H groups in total. The zero-order valence-corrected chi connectivity index (χ0v) is 9.02. The van der Waals surface area contributed by atoms with E-state index in [1.807, 2.05) is 24.3 Å². The molecule has 0 spiro atoms. The maximum atomic E-state index is 11.8. The third-order valence-corrected chi connectivity index (χ3v) is 2.77. The van der Waals surface area contributed by atoms with Crippen LogP contribution in [0.4, 0.5) is 0 Å². The van der Waals surface area contributed by atoms with Crippen molar-refractivity contribution in [3.05, 3.63) is 47.5 Å². The molecule has 0 aliphatic heterocycles. The Morgan fingerprint density at radius 1 is 1.38 bits per heavy atom. The number of carbonyl (C=O) groups is 1. The molecule has 0 unspecified atom stereocenters. The van der Waals surface area contributed by atoms with Crippen LogP contribution < -0.4 is 5.32 Å². The molecule has 1 aliphatic rings. The molecule has 2 rings (SSSR count). The van der Waals surface area contributed by atoms with Gasteiger partial charge in [0.15, 0.2) is 0 Å². The van der Waals surface area contributed by atoms with Crippen molar-refractivity contribution in [2.24, 2.45) is 0 Å². The molecule has 0 saturated heterocycles. The highest BCUT2D eigenvalue weighted by molar-refractivity contribution is 5.94. The summed E-state index contributed by atoms with van der Waals surface area (Å²) in [6.07, 6.45) is 3.57. The highest BCUT2D eigenvalue weighted by Crippen LogP contribution is 2.18. The Morgan fingerprint density at radius 2 is 2.12 bits per heavy atom. The predicted molar refractivity (Wildman–Crippen MR) is 62.1 cm³/mol. The molecule has 0 aromatic heterocycles. The second kappa shape index (κ2) is 4.94. The Balaban J connectivity index is 1.90. The summed E-state index contributed by atoms with van der Waals surface area (Å²) in [5.41, 5.74) is 1.69. The average Bonchev–Trinajstić information content (AvgIpc) is 2.78. The van der Waals surface area contributed by atoms with Gasteiger partial charge in [-0.15, -0.1) is 0 Å². The predicted octanol–water partition coefficient (Wildman–Crippen LogP) is 1.50. The molecule has 0 bridgehead atoms. The summed E-state index contributed by atoms with van der Waals surface area (Å²) in [4.78, 5) is 11.8. The van der Waals surface area contributed by atoms with Gasteiger partial charge in [0, 0.05) is 11.6 Å². The summed E-state index contributed by atoms with van der Waals surface area (Å²) in [7, 11) is 0. The lowest BCUT2D eigenvalue weighted by Gasteiger charge is -2.12. The van der Waals surface area contributed by atoms with Gasteiger partial charge in [-0.1, -0.05) is 24.3 Å². The number of aliphatic hydroxyl groups is 1. The number of carbonyl (C=O) groups excluding carboxylic acids is 1. The highest BCUT2D eigenvalue weighted by Gasteiger charge is 2.18. The Labute approximate surface area is 94.8 Å². The largest absolute Gasteiger partial charge is 0.392 e. The normalized spacial score (nSPS) is 19.3. The number of rotatable bonds is 3. The van der Waals surface area contributed by atoms with Crippen LogP contribution in [0.1, 0.15) is 23.2 Å². The molecular weight excluding hydrogens is 202 g/mol. The minimum atomic E-state index is -0.0433. The van der Waals surface area contributed by atoms with Crippen LogP contribution in [0.25, 0.3) is 0 Å². The van der Waals surface area contributed by atoms with Crippen molar-refractivity contribution in [3.63, 3.8) is 0 Å². The van der Waals surface area contributed by atoms with Gasteiger partial charge in [-0.2, -0.15) is 0 Å². The third-order valence-electron chi connectivity index (χ3n) is 2.77. The van der Waals surface area contributed by atoms with Crippen molar-refractivity contribution in [1.82, 2.24) is 5.32 Å². The van der Waals surface area contributed by atoms with E-state index < -0.39 is 0 Å². The lowest BCUT2D eigenvalue weighted by atomic mass is 10.1. The number of nitrogens with one attached hydrogen (secondary N) is 1. The van der Waals surface area contributed by atoms with Gasteiger partial charge in [-0.05, 0) is 30.5 Å². The zero-order chi connectivity index (χ0) is 11.4. The van der Waals surface area contributed by atoms with Crippen LogP contribution in [0, 0.1) is 0 Å². The molecule has 84 valence electrons. The van der Waals surface area contributed by atoms with E-state index in [0.717, 1.165) is 18.4 Å². The van der Waals surface area contributed by atoms with E-state index in [-0.39, 0.29) is 18.6 Å². The van der Waals surface area contributed by atoms with Crippen molar-refractivity contribution in [1.29, 1.82) is 0 Å². The van der Waals surface area contributed by atoms with Crippen molar-refractivity contribution < 1.29 is 9.90 Å². The molecule has 3 nitrogen and oxygen atoms in total. The van der Waals surface area contributed by atoms with Crippen molar-refractivity contribution >= 4 is 5.91 Å². The Bertz CT molecular complexity index is 398. The maximum Gasteiger partial charge on any atom is 0.251 e. The van der Waals surface area contributed by atoms with E-state index >= 15 is 0 Å². The molecule has 1 aliphatic carbocycles. The number of hydrogen-bond donors (Lipinski definition) is 2. The lowest BCUT2D eigenvalue weighted by molar-refractivity contribution is 0.0938. The van der Waals surface area contributed by atoms with E-state index in [0.29, 0.717) is 5.56 Å². The van der Waals surface area contributed by atoms with Crippen LogP contribution in [0.15, 0.2) is 42.0 Å². The van der Waals surface area contributed by atoms with Gasteiger partial charge in [-0.3, -0.25) is 4.79 Å². The number of hydrogen-bond acceptors (Lipinski definition) is 2. The van der Waals surface area contributed by atoms with Crippen LogP contribution in [0.2, 0.25) is 0 Å². The van der Waals surface area contributed by atoms with Crippen LogP contribution in [0.5, 0.6) is 0 Å². The summed E-state index contributed by atoms with van der Waals surface area (Å²) in [5.74, 6) is -0.0433. The molecule has 1 aromatic rings. The quantitative estimate of drug-likeness (QED) is 0.754. The molecule has 0 fully saturated rings. The Kier molecular flexibility index (Phi) is 3.37. The van der Waals surface area contributed by atoms with Gasteiger partial charge in [0.25, 0.3) is 5.91 Å². The minimum Gasteiger partial charge on any atom is -0.392 e.